The topological polar surface area (TPSA) is 61.0 Å². The number of benzene rings is 1. The van der Waals surface area contributed by atoms with Crippen LogP contribution in [0.3, 0.4) is 0 Å². The Morgan fingerprint density at radius 3 is 2.76 bits per heavy atom. The lowest BCUT2D eigenvalue weighted by Gasteiger charge is -2.32. The van der Waals surface area contributed by atoms with Crippen LogP contribution in [0.25, 0.3) is 10.9 Å². The van der Waals surface area contributed by atoms with E-state index in [2.05, 4.69) is 39.6 Å². The number of piperidine rings is 1. The molecule has 0 unspecified atom stereocenters. The van der Waals surface area contributed by atoms with Crippen LogP contribution in [0.1, 0.15) is 28.8 Å². The fourth-order valence-electron chi connectivity index (χ4n) is 3.52. The van der Waals surface area contributed by atoms with Crippen molar-refractivity contribution in [2.45, 2.75) is 25.4 Å². The Hall–Kier alpha value is -2.66. The van der Waals surface area contributed by atoms with Crippen LogP contribution in [-0.4, -0.2) is 39.9 Å². The summed E-state index contributed by atoms with van der Waals surface area (Å²) in [6, 6.07) is 12.5. The van der Waals surface area contributed by atoms with E-state index in [1.165, 1.54) is 16.5 Å². The summed E-state index contributed by atoms with van der Waals surface area (Å²) in [7, 11) is 0. The molecule has 5 heteroatoms. The number of nitrogens with zero attached hydrogens (tertiary/aromatic N) is 2. The number of likely N-dealkylation sites (tertiary alicyclic amines) is 1. The summed E-state index contributed by atoms with van der Waals surface area (Å²) >= 11 is 0. The van der Waals surface area contributed by atoms with Gasteiger partial charge in [-0.05, 0) is 42.7 Å². The lowest BCUT2D eigenvalue weighted by molar-refractivity contribution is 0.0704. The molecular weight excluding hydrogens is 312 g/mol. The second-order valence-corrected chi connectivity index (χ2v) is 6.54. The van der Waals surface area contributed by atoms with E-state index < -0.39 is 0 Å². The number of nitrogens with one attached hydrogen (secondary N) is 2. The molecule has 5 nitrogen and oxygen atoms in total. The van der Waals surface area contributed by atoms with Crippen LogP contribution in [0.4, 0.5) is 0 Å². The van der Waals surface area contributed by atoms with Crippen molar-refractivity contribution in [3.05, 3.63) is 66.1 Å². The van der Waals surface area contributed by atoms with E-state index in [-0.39, 0.29) is 5.91 Å². The minimum absolute atomic E-state index is 0.109. The van der Waals surface area contributed by atoms with Gasteiger partial charge in [-0.25, -0.2) is 0 Å². The van der Waals surface area contributed by atoms with Crippen LogP contribution in [0, 0.1) is 0 Å². The fourth-order valence-corrected chi connectivity index (χ4v) is 3.52. The maximum Gasteiger partial charge on any atom is 0.253 e. The molecular formula is C20H22N4O. The monoisotopic (exact) mass is 334 g/mol. The van der Waals surface area contributed by atoms with Crippen molar-refractivity contribution in [1.82, 2.24) is 20.2 Å². The maximum absolute atomic E-state index is 12.5. The van der Waals surface area contributed by atoms with E-state index in [9.17, 15) is 4.79 Å². The molecule has 0 atom stereocenters. The van der Waals surface area contributed by atoms with Gasteiger partial charge in [-0.2, -0.15) is 0 Å². The Balaban J connectivity index is 1.32. The summed E-state index contributed by atoms with van der Waals surface area (Å²) in [5.41, 5.74) is 3.21. The van der Waals surface area contributed by atoms with Gasteiger partial charge < -0.3 is 15.2 Å². The van der Waals surface area contributed by atoms with Crippen LogP contribution >= 0.6 is 0 Å². The molecule has 3 heterocycles. The first-order valence-electron chi connectivity index (χ1n) is 8.79. The summed E-state index contributed by atoms with van der Waals surface area (Å²) in [5, 5.41) is 4.94. The van der Waals surface area contributed by atoms with Crippen LogP contribution in [0.5, 0.6) is 0 Å². The average molecular weight is 334 g/mol. The van der Waals surface area contributed by atoms with Gasteiger partial charge in [-0.1, -0.05) is 12.1 Å². The molecule has 0 bridgehead atoms. The molecule has 0 aliphatic carbocycles. The molecule has 1 aromatic carbocycles. The Labute approximate surface area is 147 Å². The summed E-state index contributed by atoms with van der Waals surface area (Å²) in [4.78, 5) is 21.6. The van der Waals surface area contributed by atoms with Crippen molar-refractivity contribution < 1.29 is 4.79 Å². The van der Waals surface area contributed by atoms with Crippen molar-refractivity contribution in [3.63, 3.8) is 0 Å². The molecule has 0 spiro atoms. The molecule has 1 aliphatic rings. The van der Waals surface area contributed by atoms with Crippen molar-refractivity contribution in [1.29, 1.82) is 0 Å². The van der Waals surface area contributed by atoms with Gasteiger partial charge in [0.1, 0.15) is 0 Å². The van der Waals surface area contributed by atoms with Crippen molar-refractivity contribution in [3.8, 4) is 0 Å². The summed E-state index contributed by atoms with van der Waals surface area (Å²) in [6.07, 6.45) is 7.30. The van der Waals surface area contributed by atoms with Crippen LogP contribution in [0.2, 0.25) is 0 Å². The largest absolute Gasteiger partial charge is 0.361 e. The number of carbonyl (C=O) groups excluding carboxylic acids is 1. The molecule has 4 rings (SSSR count). The quantitative estimate of drug-likeness (QED) is 0.771. The van der Waals surface area contributed by atoms with Crippen molar-refractivity contribution in [2.24, 2.45) is 0 Å². The van der Waals surface area contributed by atoms with Gasteiger partial charge in [0.15, 0.2) is 0 Å². The minimum Gasteiger partial charge on any atom is -0.361 e. The molecule has 25 heavy (non-hydrogen) atoms. The average Bonchev–Trinajstić information content (AvgIpc) is 3.16. The number of carbonyl (C=O) groups is 1. The van der Waals surface area contributed by atoms with Gasteiger partial charge in [0, 0.05) is 60.7 Å². The molecule has 1 saturated heterocycles. The van der Waals surface area contributed by atoms with E-state index in [1.54, 1.807) is 24.5 Å². The third-order valence-corrected chi connectivity index (χ3v) is 4.98. The second kappa shape index (κ2) is 7.07. The smallest absolute Gasteiger partial charge is 0.253 e. The lowest BCUT2D eigenvalue weighted by Crippen LogP contribution is -2.44. The van der Waals surface area contributed by atoms with Crippen molar-refractivity contribution in [2.75, 3.05) is 13.1 Å². The normalized spacial score (nSPS) is 15.6. The first kappa shape index (κ1) is 15.8. The zero-order valence-corrected chi connectivity index (χ0v) is 14.1. The highest BCUT2D eigenvalue weighted by Crippen LogP contribution is 2.19. The minimum atomic E-state index is 0.109. The van der Waals surface area contributed by atoms with Crippen molar-refractivity contribution >= 4 is 16.8 Å². The number of hydrogen-bond acceptors (Lipinski definition) is 3. The maximum atomic E-state index is 12.5. The Morgan fingerprint density at radius 1 is 1.16 bits per heavy atom. The molecule has 0 saturated carbocycles. The van der Waals surface area contributed by atoms with Crippen LogP contribution in [0.15, 0.2) is 55.0 Å². The SMILES string of the molecule is O=C(c1ccncc1)N1CCC(NCc2cccc3[nH]ccc23)CC1. The number of amides is 1. The van der Waals surface area contributed by atoms with Gasteiger partial charge in [-0.3, -0.25) is 9.78 Å². The second-order valence-electron chi connectivity index (χ2n) is 6.54. The summed E-state index contributed by atoms with van der Waals surface area (Å²) < 4.78 is 0. The number of aromatic amines is 1. The summed E-state index contributed by atoms with van der Waals surface area (Å²) in [5.74, 6) is 0.109. The molecule has 1 aliphatic heterocycles. The molecule has 1 amide bonds. The fraction of sp³-hybridized carbons (Fsp3) is 0.300. The highest BCUT2D eigenvalue weighted by Gasteiger charge is 2.23. The van der Waals surface area contributed by atoms with E-state index in [0.717, 1.165) is 38.0 Å². The molecule has 1 fully saturated rings. The first-order valence-corrected chi connectivity index (χ1v) is 8.79. The highest BCUT2D eigenvalue weighted by molar-refractivity contribution is 5.94. The molecule has 0 radical (unpaired) electrons. The zero-order chi connectivity index (χ0) is 17.1. The number of fused-ring (bicyclic) bond motifs is 1. The van der Waals surface area contributed by atoms with Gasteiger partial charge in [-0.15, -0.1) is 0 Å². The van der Waals surface area contributed by atoms with E-state index >= 15 is 0 Å². The number of rotatable bonds is 4. The predicted octanol–water partition coefficient (Wildman–Crippen LogP) is 2.96. The number of H-pyrrole nitrogens is 1. The van der Waals surface area contributed by atoms with E-state index in [1.807, 2.05) is 11.1 Å². The number of hydrogen-bond donors (Lipinski definition) is 2. The molecule has 128 valence electrons. The molecule has 3 aromatic rings. The third-order valence-electron chi connectivity index (χ3n) is 4.98. The van der Waals surface area contributed by atoms with Crippen LogP contribution < -0.4 is 5.32 Å². The lowest BCUT2D eigenvalue weighted by atomic mass is 10.0. The molecule has 2 aromatic heterocycles. The molecule has 2 N–H and O–H groups in total. The van der Waals surface area contributed by atoms with Gasteiger partial charge >= 0.3 is 0 Å². The summed E-state index contributed by atoms with van der Waals surface area (Å²) in [6.45, 7) is 2.46. The standard InChI is InChI=1S/C20H22N4O/c25-20(15-4-9-21-10-5-15)24-12-7-17(8-13-24)23-14-16-2-1-3-19-18(16)6-11-22-19/h1-6,9-11,17,22-23H,7-8,12-14H2. The Morgan fingerprint density at radius 2 is 1.96 bits per heavy atom. The number of aromatic nitrogens is 2. The highest BCUT2D eigenvalue weighted by atomic mass is 16.2. The van der Waals surface area contributed by atoms with E-state index in [4.69, 9.17) is 0 Å². The van der Waals surface area contributed by atoms with Gasteiger partial charge in [0.2, 0.25) is 0 Å². The zero-order valence-electron chi connectivity index (χ0n) is 14.1. The Kier molecular flexibility index (Phi) is 4.48. The van der Waals surface area contributed by atoms with Gasteiger partial charge in [0.25, 0.3) is 5.91 Å². The number of pyridine rings is 1. The third kappa shape index (κ3) is 3.42. The van der Waals surface area contributed by atoms with Gasteiger partial charge in [0.05, 0.1) is 0 Å². The van der Waals surface area contributed by atoms with E-state index in [0.29, 0.717) is 6.04 Å². The first-order chi connectivity index (χ1) is 12.3. The Bertz CT molecular complexity index is 850. The van der Waals surface area contributed by atoms with Crippen LogP contribution in [-0.2, 0) is 6.54 Å². The predicted molar refractivity (Wildman–Crippen MR) is 98.3 cm³/mol.